The highest BCUT2D eigenvalue weighted by atomic mass is 35.5. The van der Waals surface area contributed by atoms with Crippen molar-refractivity contribution in [1.82, 2.24) is 0 Å². The number of nitrogens with two attached hydrogens (primary N) is 1. The molecule has 0 aliphatic carbocycles. The highest BCUT2D eigenvalue weighted by Gasteiger charge is 2.01. The van der Waals surface area contributed by atoms with Crippen LogP contribution in [0.3, 0.4) is 0 Å². The Labute approximate surface area is 69.7 Å². The number of benzene rings is 1. The van der Waals surface area contributed by atoms with E-state index in [1.165, 1.54) is 0 Å². The quantitative estimate of drug-likeness (QED) is 0.604. The Morgan fingerprint density at radius 2 is 1.90 bits per heavy atom. The number of aryl methyl sites for hydroxylation is 1. The van der Waals surface area contributed by atoms with Gasteiger partial charge in [-0.15, -0.1) is 0 Å². The van der Waals surface area contributed by atoms with Crippen molar-refractivity contribution in [2.75, 3.05) is 5.73 Å². The largest absolute Gasteiger partial charge is 0.397 e. The van der Waals surface area contributed by atoms with Crippen molar-refractivity contribution in [2.24, 2.45) is 0 Å². The van der Waals surface area contributed by atoms with E-state index in [1.54, 1.807) is 12.1 Å². The fraction of sp³-hybridized carbons (Fsp3) is 0.143. The summed E-state index contributed by atoms with van der Waals surface area (Å²) < 4.78 is 0. The summed E-state index contributed by atoms with van der Waals surface area (Å²) in [5, 5.41) is 0.950. The molecule has 1 aromatic rings. The van der Waals surface area contributed by atoms with Crippen molar-refractivity contribution in [3.63, 3.8) is 0 Å². The standard InChI is InChI=1S/C7H7Cl2N/c1-4-2-5(8)7(9)6(10)3-4/h2-3H,10H2,1H3. The topological polar surface area (TPSA) is 26.0 Å². The summed E-state index contributed by atoms with van der Waals surface area (Å²) in [6.45, 7) is 1.92. The van der Waals surface area contributed by atoms with E-state index in [0.717, 1.165) is 5.56 Å². The Kier molecular flexibility index (Phi) is 2.07. The molecule has 0 saturated heterocycles. The molecule has 54 valence electrons. The van der Waals surface area contributed by atoms with Crippen LogP contribution >= 0.6 is 23.2 Å². The fourth-order valence-corrected chi connectivity index (χ4v) is 1.14. The molecule has 2 N–H and O–H groups in total. The van der Waals surface area contributed by atoms with Gasteiger partial charge in [0.2, 0.25) is 0 Å². The Hall–Kier alpha value is -0.400. The molecule has 3 heteroatoms. The monoisotopic (exact) mass is 175 g/mol. The maximum atomic E-state index is 5.71. The van der Waals surface area contributed by atoms with Crippen LogP contribution in [0.1, 0.15) is 5.56 Å². The van der Waals surface area contributed by atoms with Gasteiger partial charge in [0.15, 0.2) is 0 Å². The van der Waals surface area contributed by atoms with E-state index in [0.29, 0.717) is 15.7 Å². The molecule has 0 spiro atoms. The summed E-state index contributed by atoms with van der Waals surface area (Å²) in [5.74, 6) is 0. The molecule has 0 fully saturated rings. The zero-order valence-electron chi connectivity index (χ0n) is 5.49. The minimum absolute atomic E-state index is 0.437. The molecule has 0 aliphatic rings. The molecule has 0 amide bonds. The Balaban J connectivity index is 3.31. The van der Waals surface area contributed by atoms with Gasteiger partial charge in [-0.25, -0.2) is 0 Å². The second kappa shape index (κ2) is 2.69. The van der Waals surface area contributed by atoms with Crippen molar-refractivity contribution in [2.45, 2.75) is 6.92 Å². The number of rotatable bonds is 0. The molecule has 0 aliphatic heterocycles. The van der Waals surface area contributed by atoms with Crippen molar-refractivity contribution < 1.29 is 0 Å². The molecule has 0 heterocycles. The van der Waals surface area contributed by atoms with Gasteiger partial charge in [-0.05, 0) is 24.6 Å². The van der Waals surface area contributed by atoms with E-state index >= 15 is 0 Å². The van der Waals surface area contributed by atoms with Gasteiger partial charge in [0.25, 0.3) is 0 Å². The molecule has 0 bridgehead atoms. The molecule has 1 nitrogen and oxygen atoms in total. The maximum absolute atomic E-state index is 5.71. The lowest BCUT2D eigenvalue weighted by Crippen LogP contribution is -1.87. The molecule has 1 aromatic carbocycles. The highest BCUT2D eigenvalue weighted by molar-refractivity contribution is 6.43. The summed E-state index contributed by atoms with van der Waals surface area (Å²) in [4.78, 5) is 0. The van der Waals surface area contributed by atoms with Crippen LogP contribution in [0, 0.1) is 6.92 Å². The maximum Gasteiger partial charge on any atom is 0.0821 e. The number of halogens is 2. The summed E-state index contributed by atoms with van der Waals surface area (Å²) >= 11 is 11.4. The van der Waals surface area contributed by atoms with Crippen LogP contribution < -0.4 is 5.73 Å². The van der Waals surface area contributed by atoms with Gasteiger partial charge in [0, 0.05) is 0 Å². The smallest absolute Gasteiger partial charge is 0.0821 e. The molecule has 1 rings (SSSR count). The molecule has 0 radical (unpaired) electrons. The van der Waals surface area contributed by atoms with Gasteiger partial charge >= 0.3 is 0 Å². The number of hydrogen-bond donors (Lipinski definition) is 1. The molecule has 0 unspecified atom stereocenters. The zero-order chi connectivity index (χ0) is 7.72. The van der Waals surface area contributed by atoms with Crippen LogP contribution in [-0.2, 0) is 0 Å². The second-order valence-electron chi connectivity index (χ2n) is 2.15. The Bertz CT molecular complexity index is 235. The molecular formula is C7H7Cl2N. The lowest BCUT2D eigenvalue weighted by Gasteiger charge is -2.00. The van der Waals surface area contributed by atoms with Crippen LogP contribution in [0.5, 0.6) is 0 Å². The van der Waals surface area contributed by atoms with Crippen molar-refractivity contribution in [1.29, 1.82) is 0 Å². The van der Waals surface area contributed by atoms with Gasteiger partial charge in [-0.3, -0.25) is 0 Å². The molecule has 0 aromatic heterocycles. The van der Waals surface area contributed by atoms with Crippen molar-refractivity contribution in [3.05, 3.63) is 27.7 Å². The zero-order valence-corrected chi connectivity index (χ0v) is 7.00. The number of anilines is 1. The SMILES string of the molecule is Cc1cc(N)c(Cl)c(Cl)c1. The van der Waals surface area contributed by atoms with E-state index in [4.69, 9.17) is 28.9 Å². The number of nitrogen functional groups attached to an aromatic ring is 1. The molecule has 0 saturated carbocycles. The highest BCUT2D eigenvalue weighted by Crippen LogP contribution is 2.28. The third-order valence-electron chi connectivity index (χ3n) is 1.20. The first-order valence-electron chi connectivity index (χ1n) is 2.82. The van der Waals surface area contributed by atoms with Gasteiger partial charge in [-0.1, -0.05) is 23.2 Å². The predicted octanol–water partition coefficient (Wildman–Crippen LogP) is 2.88. The summed E-state index contributed by atoms with van der Waals surface area (Å²) in [5.41, 5.74) is 7.06. The summed E-state index contributed by atoms with van der Waals surface area (Å²) in [6.07, 6.45) is 0. The Morgan fingerprint density at radius 1 is 1.30 bits per heavy atom. The van der Waals surface area contributed by atoms with Crippen LogP contribution in [0.25, 0.3) is 0 Å². The van der Waals surface area contributed by atoms with Crippen molar-refractivity contribution >= 4 is 28.9 Å². The summed E-state index contributed by atoms with van der Waals surface area (Å²) in [7, 11) is 0. The number of hydrogen-bond acceptors (Lipinski definition) is 1. The minimum atomic E-state index is 0.437. The molecule has 10 heavy (non-hydrogen) atoms. The Morgan fingerprint density at radius 3 is 2.40 bits per heavy atom. The lowest BCUT2D eigenvalue weighted by molar-refractivity contribution is 1.47. The summed E-state index contributed by atoms with van der Waals surface area (Å²) in [6, 6.07) is 3.56. The van der Waals surface area contributed by atoms with Gasteiger partial charge in [-0.2, -0.15) is 0 Å². The van der Waals surface area contributed by atoms with Gasteiger partial charge in [0.1, 0.15) is 0 Å². The third kappa shape index (κ3) is 1.36. The fourth-order valence-electron chi connectivity index (χ4n) is 0.751. The van der Waals surface area contributed by atoms with Gasteiger partial charge < -0.3 is 5.73 Å². The van der Waals surface area contributed by atoms with Crippen LogP contribution in [-0.4, -0.2) is 0 Å². The van der Waals surface area contributed by atoms with Crippen molar-refractivity contribution in [3.8, 4) is 0 Å². The predicted molar refractivity (Wildman–Crippen MR) is 45.6 cm³/mol. The normalized spacial score (nSPS) is 9.90. The van der Waals surface area contributed by atoms with Gasteiger partial charge in [0.05, 0.1) is 15.7 Å². The minimum Gasteiger partial charge on any atom is -0.397 e. The lowest BCUT2D eigenvalue weighted by atomic mass is 10.2. The van der Waals surface area contributed by atoms with E-state index in [9.17, 15) is 0 Å². The first-order chi connectivity index (χ1) is 4.61. The van der Waals surface area contributed by atoms with Crippen LogP contribution in [0.15, 0.2) is 12.1 Å². The van der Waals surface area contributed by atoms with Crippen LogP contribution in [0.4, 0.5) is 5.69 Å². The molecular weight excluding hydrogens is 169 g/mol. The molecule has 0 atom stereocenters. The average Bonchev–Trinajstić information content (AvgIpc) is 1.82. The van der Waals surface area contributed by atoms with Crippen LogP contribution in [0.2, 0.25) is 10.0 Å². The van der Waals surface area contributed by atoms with E-state index in [-0.39, 0.29) is 0 Å². The average molecular weight is 176 g/mol. The van der Waals surface area contributed by atoms with E-state index in [1.807, 2.05) is 6.92 Å². The first kappa shape index (κ1) is 7.70. The first-order valence-corrected chi connectivity index (χ1v) is 3.58. The van der Waals surface area contributed by atoms with E-state index in [2.05, 4.69) is 0 Å². The third-order valence-corrected chi connectivity index (χ3v) is 2.02. The van der Waals surface area contributed by atoms with E-state index < -0.39 is 0 Å². The second-order valence-corrected chi connectivity index (χ2v) is 2.94.